The number of hydrogen-bond donors (Lipinski definition) is 1. The summed E-state index contributed by atoms with van der Waals surface area (Å²) in [5.41, 5.74) is 1.55. The molecule has 4 nitrogen and oxygen atoms in total. The summed E-state index contributed by atoms with van der Waals surface area (Å²) in [5.74, 6) is 1.42. The number of H-pyrrole nitrogens is 1. The zero-order chi connectivity index (χ0) is 13.1. The van der Waals surface area contributed by atoms with Gasteiger partial charge < -0.3 is 9.72 Å². The van der Waals surface area contributed by atoms with Gasteiger partial charge >= 0.3 is 0 Å². The van der Waals surface area contributed by atoms with E-state index in [9.17, 15) is 4.79 Å². The number of nitrogens with one attached hydrogen (secondary N) is 1. The molecule has 0 aliphatic carbocycles. The average Bonchev–Trinajstić information content (AvgIpc) is 2.27. The van der Waals surface area contributed by atoms with Gasteiger partial charge in [-0.2, -0.15) is 0 Å². The first-order valence-electron chi connectivity index (χ1n) is 5.48. The standard InChI is InChI=1S/C13H13BrN2O2/c1-8-5-13(17)16-12(15-8)7-9-6-10(14)3-4-11(9)18-2/h3-6H,7H2,1-2H3,(H,15,16,17). The Balaban J connectivity index is 2.38. The lowest BCUT2D eigenvalue weighted by molar-refractivity contribution is 0.410. The van der Waals surface area contributed by atoms with Gasteiger partial charge in [-0.25, -0.2) is 4.98 Å². The predicted octanol–water partition coefficient (Wildman–Crippen LogP) is 2.44. The van der Waals surface area contributed by atoms with Gasteiger partial charge in [0.05, 0.1) is 7.11 Å². The van der Waals surface area contributed by atoms with Crippen LogP contribution in [0.25, 0.3) is 0 Å². The fourth-order valence-corrected chi connectivity index (χ4v) is 2.20. The molecule has 0 bridgehead atoms. The van der Waals surface area contributed by atoms with Crippen molar-refractivity contribution < 1.29 is 4.74 Å². The van der Waals surface area contributed by atoms with Crippen LogP contribution in [0.3, 0.4) is 0 Å². The molecule has 0 unspecified atom stereocenters. The van der Waals surface area contributed by atoms with Crippen LogP contribution < -0.4 is 10.3 Å². The lowest BCUT2D eigenvalue weighted by Crippen LogP contribution is -2.11. The van der Waals surface area contributed by atoms with E-state index in [-0.39, 0.29) is 5.56 Å². The van der Waals surface area contributed by atoms with Crippen molar-refractivity contribution in [2.45, 2.75) is 13.3 Å². The van der Waals surface area contributed by atoms with E-state index in [1.54, 1.807) is 14.0 Å². The molecule has 2 rings (SSSR count). The summed E-state index contributed by atoms with van der Waals surface area (Å²) in [6.07, 6.45) is 0.527. The molecule has 18 heavy (non-hydrogen) atoms. The Morgan fingerprint density at radius 3 is 2.83 bits per heavy atom. The highest BCUT2D eigenvalue weighted by molar-refractivity contribution is 9.10. The molecule has 94 valence electrons. The van der Waals surface area contributed by atoms with E-state index in [1.165, 1.54) is 6.07 Å². The number of benzene rings is 1. The first-order valence-corrected chi connectivity index (χ1v) is 6.27. The van der Waals surface area contributed by atoms with E-state index in [1.807, 2.05) is 18.2 Å². The van der Waals surface area contributed by atoms with Gasteiger partial charge in [-0.1, -0.05) is 15.9 Å². The molecule has 0 saturated heterocycles. The smallest absolute Gasteiger partial charge is 0.251 e. The molecule has 0 aliphatic heterocycles. The summed E-state index contributed by atoms with van der Waals surface area (Å²) in [6.45, 7) is 1.80. The van der Waals surface area contributed by atoms with E-state index in [2.05, 4.69) is 25.9 Å². The number of halogens is 1. The number of nitrogens with zero attached hydrogens (tertiary/aromatic N) is 1. The quantitative estimate of drug-likeness (QED) is 0.947. The first kappa shape index (κ1) is 12.8. The van der Waals surface area contributed by atoms with Gasteiger partial charge in [-0.15, -0.1) is 0 Å². The lowest BCUT2D eigenvalue weighted by Gasteiger charge is -2.08. The molecule has 0 atom stereocenters. The van der Waals surface area contributed by atoms with Crippen LogP contribution >= 0.6 is 15.9 Å². The number of aromatic nitrogens is 2. The zero-order valence-electron chi connectivity index (χ0n) is 10.2. The second-order valence-electron chi connectivity index (χ2n) is 3.97. The lowest BCUT2D eigenvalue weighted by atomic mass is 10.1. The molecule has 1 heterocycles. The second-order valence-corrected chi connectivity index (χ2v) is 4.88. The Hall–Kier alpha value is -1.62. The van der Waals surface area contributed by atoms with Crippen molar-refractivity contribution in [3.05, 3.63) is 56.2 Å². The van der Waals surface area contributed by atoms with E-state index in [0.29, 0.717) is 17.9 Å². The average molecular weight is 309 g/mol. The fourth-order valence-electron chi connectivity index (χ4n) is 1.79. The van der Waals surface area contributed by atoms with Gasteiger partial charge in [0.15, 0.2) is 0 Å². The van der Waals surface area contributed by atoms with Crippen molar-refractivity contribution in [1.29, 1.82) is 0 Å². The summed E-state index contributed by atoms with van der Waals surface area (Å²) in [7, 11) is 1.62. The van der Waals surface area contributed by atoms with E-state index in [0.717, 1.165) is 15.8 Å². The highest BCUT2D eigenvalue weighted by Crippen LogP contribution is 2.24. The van der Waals surface area contributed by atoms with Gasteiger partial charge in [-0.3, -0.25) is 4.79 Å². The minimum absolute atomic E-state index is 0.133. The largest absolute Gasteiger partial charge is 0.496 e. The van der Waals surface area contributed by atoms with Crippen LogP contribution in [0.4, 0.5) is 0 Å². The first-order chi connectivity index (χ1) is 8.58. The molecule has 0 spiro atoms. The van der Waals surface area contributed by atoms with Crippen LogP contribution in [-0.4, -0.2) is 17.1 Å². The SMILES string of the molecule is COc1ccc(Br)cc1Cc1nc(C)cc(=O)[nH]1. The summed E-state index contributed by atoms with van der Waals surface area (Å²) in [5, 5.41) is 0. The third-order valence-corrected chi connectivity index (χ3v) is 3.01. The Kier molecular flexibility index (Phi) is 3.81. The van der Waals surface area contributed by atoms with Crippen molar-refractivity contribution in [3.63, 3.8) is 0 Å². The zero-order valence-corrected chi connectivity index (χ0v) is 11.7. The van der Waals surface area contributed by atoms with Crippen molar-refractivity contribution in [2.75, 3.05) is 7.11 Å². The van der Waals surface area contributed by atoms with E-state index < -0.39 is 0 Å². The van der Waals surface area contributed by atoms with Gasteiger partial charge in [0.25, 0.3) is 5.56 Å². The normalized spacial score (nSPS) is 10.4. The minimum atomic E-state index is -0.133. The monoisotopic (exact) mass is 308 g/mol. The Bertz CT molecular complexity index is 623. The number of ether oxygens (including phenoxy) is 1. The maximum atomic E-state index is 11.4. The van der Waals surface area contributed by atoms with Crippen LogP contribution in [0.1, 0.15) is 17.1 Å². The Morgan fingerprint density at radius 2 is 2.17 bits per heavy atom. The Morgan fingerprint density at radius 1 is 1.39 bits per heavy atom. The van der Waals surface area contributed by atoms with Crippen molar-refractivity contribution in [2.24, 2.45) is 0 Å². The van der Waals surface area contributed by atoms with Crippen molar-refractivity contribution >= 4 is 15.9 Å². The second kappa shape index (κ2) is 5.35. The van der Waals surface area contributed by atoms with Gasteiger partial charge in [-0.05, 0) is 25.1 Å². The van der Waals surface area contributed by atoms with Gasteiger partial charge in [0, 0.05) is 28.2 Å². The molecule has 2 aromatic rings. The summed E-state index contributed by atoms with van der Waals surface area (Å²) >= 11 is 3.42. The van der Waals surface area contributed by atoms with Crippen LogP contribution in [0, 0.1) is 6.92 Å². The summed E-state index contributed by atoms with van der Waals surface area (Å²) in [4.78, 5) is 18.4. The number of hydrogen-bond acceptors (Lipinski definition) is 3. The fraction of sp³-hybridized carbons (Fsp3) is 0.231. The van der Waals surface area contributed by atoms with Crippen molar-refractivity contribution in [1.82, 2.24) is 9.97 Å². The van der Waals surface area contributed by atoms with Crippen LogP contribution in [-0.2, 0) is 6.42 Å². The third-order valence-electron chi connectivity index (χ3n) is 2.52. The summed E-state index contributed by atoms with van der Waals surface area (Å²) < 4.78 is 6.26. The molecule has 5 heteroatoms. The highest BCUT2D eigenvalue weighted by Gasteiger charge is 2.07. The van der Waals surface area contributed by atoms with Crippen LogP contribution in [0.15, 0.2) is 33.5 Å². The molecule has 1 aromatic carbocycles. The van der Waals surface area contributed by atoms with Crippen LogP contribution in [0.2, 0.25) is 0 Å². The minimum Gasteiger partial charge on any atom is -0.496 e. The topological polar surface area (TPSA) is 55.0 Å². The molecule has 0 aliphatic rings. The molecular formula is C13H13BrN2O2. The van der Waals surface area contributed by atoms with Crippen molar-refractivity contribution in [3.8, 4) is 5.75 Å². The third kappa shape index (κ3) is 2.98. The summed E-state index contributed by atoms with van der Waals surface area (Å²) in [6, 6.07) is 7.23. The molecule has 0 fully saturated rings. The maximum absolute atomic E-state index is 11.4. The predicted molar refractivity (Wildman–Crippen MR) is 73.1 cm³/mol. The maximum Gasteiger partial charge on any atom is 0.251 e. The van der Waals surface area contributed by atoms with E-state index >= 15 is 0 Å². The molecule has 0 amide bonds. The number of aromatic amines is 1. The molecule has 0 saturated carbocycles. The molecule has 0 radical (unpaired) electrons. The highest BCUT2D eigenvalue weighted by atomic mass is 79.9. The number of methoxy groups -OCH3 is 1. The van der Waals surface area contributed by atoms with Gasteiger partial charge in [0.2, 0.25) is 0 Å². The van der Waals surface area contributed by atoms with Gasteiger partial charge in [0.1, 0.15) is 11.6 Å². The number of aryl methyl sites for hydroxylation is 1. The number of rotatable bonds is 3. The molecule has 1 aromatic heterocycles. The molecular weight excluding hydrogens is 296 g/mol. The van der Waals surface area contributed by atoms with E-state index in [4.69, 9.17) is 4.74 Å². The van der Waals surface area contributed by atoms with Crippen LogP contribution in [0.5, 0.6) is 5.75 Å². The Labute approximate surface area is 113 Å². The molecule has 1 N–H and O–H groups in total.